The second kappa shape index (κ2) is 29.7. The maximum absolute atomic E-state index is 13.0. The summed E-state index contributed by atoms with van der Waals surface area (Å²) >= 11 is 0. The first-order valence-corrected chi connectivity index (χ1v) is 25.7. The summed E-state index contributed by atoms with van der Waals surface area (Å²) in [4.78, 5) is 0. The molecule has 0 aromatic heterocycles. The van der Waals surface area contributed by atoms with Crippen molar-refractivity contribution >= 4 is 11.4 Å². The molecular weight excluding hydrogens is 701 g/mol. The van der Waals surface area contributed by atoms with Gasteiger partial charge in [0.25, 0.3) is 0 Å². The molecule has 0 amide bonds. The summed E-state index contributed by atoms with van der Waals surface area (Å²) in [5.41, 5.74) is 30.2. The van der Waals surface area contributed by atoms with Crippen molar-refractivity contribution in [1.82, 2.24) is 0 Å². The monoisotopic (exact) mass is 793 g/mol. The van der Waals surface area contributed by atoms with Gasteiger partial charge in [-0.25, -0.2) is 4.70 Å². The zero-order valence-electron chi connectivity index (χ0n) is 39.8. The van der Waals surface area contributed by atoms with E-state index in [0.717, 1.165) is 62.8 Å². The van der Waals surface area contributed by atoms with Gasteiger partial charge in [-0.05, 0) is 160 Å². The van der Waals surface area contributed by atoms with E-state index in [1.807, 2.05) is 0 Å². The SMILES string of the molecule is CCCCCCC1=C(c2cc(CCCCC)c(CCCCC)c(CCCCC)c2)[N+](=[N-])C(c2cc(CCCCC)c(CCCCC)c(CCCCC)c2)=C1CCCC. The van der Waals surface area contributed by atoms with Crippen LogP contribution in [0, 0.1) is 0 Å². The van der Waals surface area contributed by atoms with Gasteiger partial charge in [-0.15, -0.1) is 0 Å². The number of benzene rings is 2. The highest BCUT2D eigenvalue weighted by atomic mass is 15.2. The van der Waals surface area contributed by atoms with Crippen molar-refractivity contribution in [2.45, 2.75) is 261 Å². The summed E-state index contributed by atoms with van der Waals surface area (Å²) in [5, 5.41) is 0. The van der Waals surface area contributed by atoms with Crippen LogP contribution in [-0.4, -0.2) is 4.70 Å². The van der Waals surface area contributed by atoms with Crippen LogP contribution in [0.4, 0.5) is 0 Å². The van der Waals surface area contributed by atoms with E-state index in [1.165, 1.54) is 176 Å². The standard InChI is InChI=1S/C56H92N2/c1-9-17-25-32-40-54-53(37-24-16-8)55(49-41-45(33-26-18-10-2)51(38-30-22-14-6)46(42-49)34-27-19-11-3)58(57)56(54)50-43-47(35-28-20-12-4)52(39-31-23-15-7)48(44-50)36-29-21-13-5/h41-44H,9-40H2,1-8H3. The minimum Gasteiger partial charge on any atom is -0.493 e. The molecule has 0 atom stereocenters. The zero-order valence-corrected chi connectivity index (χ0v) is 39.8. The summed E-state index contributed by atoms with van der Waals surface area (Å²) in [6, 6.07) is 10.3. The maximum Gasteiger partial charge on any atom is 0.211 e. The number of hydrogen-bond donors (Lipinski definition) is 0. The first-order valence-electron chi connectivity index (χ1n) is 25.7. The van der Waals surface area contributed by atoms with Crippen molar-refractivity contribution in [1.29, 1.82) is 0 Å². The lowest BCUT2D eigenvalue weighted by Crippen LogP contribution is -2.09. The fourth-order valence-corrected chi connectivity index (χ4v) is 9.64. The lowest BCUT2D eigenvalue weighted by molar-refractivity contribution is -0.345. The molecule has 2 aromatic carbocycles. The number of rotatable bonds is 34. The van der Waals surface area contributed by atoms with Crippen molar-refractivity contribution in [3.8, 4) is 0 Å². The van der Waals surface area contributed by atoms with E-state index in [0.29, 0.717) is 0 Å². The summed E-state index contributed by atoms with van der Waals surface area (Å²) in [6.45, 7) is 18.7. The quantitative estimate of drug-likeness (QED) is 0.0498. The molecule has 0 radical (unpaired) electrons. The molecule has 1 aliphatic heterocycles. The Bertz CT molecular complexity index is 1470. The van der Waals surface area contributed by atoms with E-state index in [9.17, 15) is 5.53 Å². The van der Waals surface area contributed by atoms with Gasteiger partial charge in [-0.3, -0.25) is 0 Å². The van der Waals surface area contributed by atoms with Crippen molar-refractivity contribution in [2.75, 3.05) is 0 Å². The number of unbranched alkanes of at least 4 members (excludes halogenated alkanes) is 16. The van der Waals surface area contributed by atoms with Gasteiger partial charge in [-0.2, -0.15) is 0 Å². The predicted octanol–water partition coefficient (Wildman–Crippen LogP) is 18.4. The second-order valence-corrected chi connectivity index (χ2v) is 18.2. The van der Waals surface area contributed by atoms with Crippen molar-refractivity contribution in [3.63, 3.8) is 0 Å². The van der Waals surface area contributed by atoms with Crippen molar-refractivity contribution in [2.24, 2.45) is 0 Å². The molecule has 0 saturated heterocycles. The van der Waals surface area contributed by atoms with Crippen LogP contribution in [0.3, 0.4) is 0 Å². The minimum absolute atomic E-state index is 1.03. The van der Waals surface area contributed by atoms with Crippen molar-refractivity contribution < 1.29 is 4.70 Å². The van der Waals surface area contributed by atoms with Crippen LogP contribution < -0.4 is 0 Å². The van der Waals surface area contributed by atoms with Crippen LogP contribution >= 0.6 is 0 Å². The lowest BCUT2D eigenvalue weighted by atomic mass is 9.85. The van der Waals surface area contributed by atoms with Gasteiger partial charge < -0.3 is 5.53 Å². The fraction of sp³-hybridized carbons (Fsp3) is 0.714. The molecule has 2 nitrogen and oxygen atoms in total. The largest absolute Gasteiger partial charge is 0.493 e. The minimum atomic E-state index is 1.03. The van der Waals surface area contributed by atoms with Gasteiger partial charge in [0.1, 0.15) is 0 Å². The van der Waals surface area contributed by atoms with E-state index in [2.05, 4.69) is 79.7 Å². The third kappa shape index (κ3) is 15.5. The van der Waals surface area contributed by atoms with E-state index in [-0.39, 0.29) is 0 Å². The van der Waals surface area contributed by atoms with Crippen LogP contribution in [0.5, 0.6) is 0 Å². The lowest BCUT2D eigenvalue weighted by Gasteiger charge is -2.20. The third-order valence-corrected chi connectivity index (χ3v) is 13.1. The van der Waals surface area contributed by atoms with Gasteiger partial charge in [0.15, 0.2) is 0 Å². The molecule has 1 aliphatic rings. The molecule has 2 aromatic rings. The van der Waals surface area contributed by atoms with Crippen LogP contribution in [0.2, 0.25) is 0 Å². The number of allylic oxidation sites excluding steroid dienone is 2. The Kier molecular flexibility index (Phi) is 25.5. The second-order valence-electron chi connectivity index (χ2n) is 18.2. The Morgan fingerprint density at radius 3 is 0.879 bits per heavy atom. The molecule has 3 rings (SSSR count). The van der Waals surface area contributed by atoms with Gasteiger partial charge in [0.2, 0.25) is 11.4 Å². The van der Waals surface area contributed by atoms with E-state index in [4.69, 9.17) is 0 Å². The zero-order chi connectivity index (χ0) is 42.0. The van der Waals surface area contributed by atoms with Crippen LogP contribution in [0.15, 0.2) is 35.4 Å². The van der Waals surface area contributed by atoms with Gasteiger partial charge in [0.05, 0.1) is 0 Å². The molecule has 0 fully saturated rings. The normalized spacial score (nSPS) is 13.2. The molecule has 0 N–H and O–H groups in total. The Morgan fingerprint density at radius 2 is 0.569 bits per heavy atom. The van der Waals surface area contributed by atoms with E-state index in [1.54, 1.807) is 38.1 Å². The molecular formula is C56H92N2. The van der Waals surface area contributed by atoms with E-state index >= 15 is 0 Å². The predicted molar refractivity (Wildman–Crippen MR) is 258 cm³/mol. The molecule has 0 bridgehead atoms. The summed E-state index contributed by atoms with van der Waals surface area (Å²) < 4.78 is 1.75. The summed E-state index contributed by atoms with van der Waals surface area (Å²) in [5.74, 6) is 0. The fourth-order valence-electron chi connectivity index (χ4n) is 9.64. The highest BCUT2D eigenvalue weighted by Gasteiger charge is 2.36. The van der Waals surface area contributed by atoms with Crippen LogP contribution in [0.1, 0.15) is 267 Å². The molecule has 0 spiro atoms. The molecule has 0 saturated carbocycles. The van der Waals surface area contributed by atoms with Crippen molar-refractivity contribution in [3.05, 3.63) is 85.5 Å². The summed E-state index contributed by atoms with van der Waals surface area (Å²) in [6.07, 6.45) is 39.1. The average molecular weight is 793 g/mol. The first-order chi connectivity index (χ1) is 28.4. The number of hydrogen-bond acceptors (Lipinski definition) is 0. The molecule has 1 heterocycles. The molecule has 0 aliphatic carbocycles. The molecule has 326 valence electrons. The Morgan fingerprint density at radius 1 is 0.310 bits per heavy atom. The molecule has 2 heteroatoms. The number of aryl methyl sites for hydroxylation is 4. The van der Waals surface area contributed by atoms with Crippen LogP contribution in [0.25, 0.3) is 16.9 Å². The highest BCUT2D eigenvalue weighted by molar-refractivity contribution is 5.83. The Labute approximate surface area is 361 Å². The summed E-state index contributed by atoms with van der Waals surface area (Å²) in [7, 11) is 0. The molecule has 58 heavy (non-hydrogen) atoms. The van der Waals surface area contributed by atoms with Gasteiger partial charge in [-0.1, -0.05) is 158 Å². The molecule has 0 unspecified atom stereocenters. The maximum atomic E-state index is 13.0. The first kappa shape index (κ1) is 49.9. The highest BCUT2D eigenvalue weighted by Crippen LogP contribution is 2.46. The Hall–Kier alpha value is -2.48. The smallest absolute Gasteiger partial charge is 0.211 e. The van der Waals surface area contributed by atoms with Gasteiger partial charge in [0, 0.05) is 22.3 Å². The topological polar surface area (TPSA) is 25.3 Å². The average Bonchev–Trinajstić information content (AvgIpc) is 3.50. The number of nitrogens with zero attached hydrogens (tertiary/aromatic N) is 2. The van der Waals surface area contributed by atoms with Gasteiger partial charge >= 0.3 is 0 Å². The third-order valence-electron chi connectivity index (χ3n) is 13.1. The Balaban J connectivity index is 2.36. The van der Waals surface area contributed by atoms with Crippen LogP contribution in [-0.2, 0) is 38.5 Å². The van der Waals surface area contributed by atoms with E-state index < -0.39 is 0 Å².